The van der Waals surface area contributed by atoms with E-state index in [1.54, 1.807) is 39.4 Å². The van der Waals surface area contributed by atoms with Crippen LogP contribution in [0.2, 0.25) is 0 Å². The quantitative estimate of drug-likeness (QED) is 0.0802. The number of carbonyl (C=O) groups is 1. The van der Waals surface area contributed by atoms with Crippen LogP contribution in [0, 0.1) is 0 Å². The number of ether oxygens (including phenoxy) is 4. The van der Waals surface area contributed by atoms with E-state index in [1.807, 2.05) is 22.5 Å². The molecule has 2 aliphatic heterocycles. The van der Waals surface area contributed by atoms with Gasteiger partial charge in [-0.3, -0.25) is 4.79 Å². The van der Waals surface area contributed by atoms with Gasteiger partial charge in [-0.25, -0.2) is 25.3 Å². The summed E-state index contributed by atoms with van der Waals surface area (Å²) in [5.41, 5.74) is 1.53. The number of aliphatic carboxylic acids is 1. The summed E-state index contributed by atoms with van der Waals surface area (Å²) in [7, 11) is -11.2. The molecule has 0 aromatic heterocycles. The first-order valence-electron chi connectivity index (χ1n) is 19.5. The molecule has 60 heavy (non-hydrogen) atoms. The molecule has 0 fully saturated rings. The Bertz CT molecular complexity index is 2270. The Balaban J connectivity index is 1.86. The highest BCUT2D eigenvalue weighted by atomic mass is 32.2. The topological polar surface area (TPSA) is 252 Å². The van der Waals surface area contributed by atoms with Gasteiger partial charge in [0.05, 0.1) is 58.4 Å². The van der Waals surface area contributed by atoms with Crippen LogP contribution in [0.4, 0.5) is 11.4 Å². The molecule has 2 aliphatic rings. The molecule has 334 valence electrons. The van der Waals surface area contributed by atoms with Crippen molar-refractivity contribution in [1.29, 1.82) is 0 Å². The van der Waals surface area contributed by atoms with Gasteiger partial charge in [0.1, 0.15) is 26.8 Å². The van der Waals surface area contributed by atoms with Gasteiger partial charge in [-0.15, -0.1) is 0 Å². The highest BCUT2D eigenvalue weighted by Gasteiger charge is 2.48. The van der Waals surface area contributed by atoms with Crippen LogP contribution in [-0.2, 0) is 64.9 Å². The number of allylic oxidation sites excluding steroid dienone is 4. The fraction of sp³-hybridized carbons (Fsp3) is 0.550. The average molecular weight is 899 g/mol. The normalized spacial score (nSPS) is 20.1. The minimum atomic E-state index is -4.90. The molecular weight excluding hydrogens is 845 g/mol. The molecule has 2 aromatic rings. The Morgan fingerprint density at radius 3 is 2.00 bits per heavy atom. The van der Waals surface area contributed by atoms with Crippen molar-refractivity contribution in [3.8, 4) is 0 Å². The summed E-state index contributed by atoms with van der Waals surface area (Å²) >= 11 is 0. The number of methoxy groups -OCH3 is 2. The van der Waals surface area contributed by atoms with Crippen LogP contribution in [0.5, 0.6) is 0 Å². The Hall–Kier alpha value is -3.57. The number of hydrogen-bond acceptors (Lipinski definition) is 15. The second-order valence-corrected chi connectivity index (χ2v) is 19.3. The van der Waals surface area contributed by atoms with Crippen molar-refractivity contribution >= 4 is 53.4 Å². The van der Waals surface area contributed by atoms with E-state index in [9.17, 15) is 43.7 Å². The maximum absolute atomic E-state index is 12.2. The lowest BCUT2D eigenvalue weighted by Crippen LogP contribution is -2.33. The number of rotatable bonds is 26. The molecule has 4 rings (SSSR count). The van der Waals surface area contributed by atoms with Gasteiger partial charge in [0.2, 0.25) is 5.69 Å². The molecule has 20 heteroatoms. The molecule has 0 amide bonds. The van der Waals surface area contributed by atoms with Gasteiger partial charge in [-0.05, 0) is 87.9 Å². The second-order valence-electron chi connectivity index (χ2n) is 15.1. The first kappa shape index (κ1) is 49.1. The second kappa shape index (κ2) is 21.0. The predicted octanol–water partition coefficient (Wildman–Crippen LogP) is 3.76. The van der Waals surface area contributed by atoms with Gasteiger partial charge >= 0.3 is 5.97 Å². The smallest absolute Gasteiger partial charge is 0.303 e. The van der Waals surface area contributed by atoms with Gasteiger partial charge in [0.25, 0.3) is 0 Å². The number of fused-ring (bicyclic) bond motifs is 2. The van der Waals surface area contributed by atoms with Crippen molar-refractivity contribution in [2.24, 2.45) is 0 Å². The molecule has 0 radical (unpaired) electrons. The number of carboxylic acids is 1. The van der Waals surface area contributed by atoms with E-state index >= 15 is 0 Å². The third-order valence-corrected chi connectivity index (χ3v) is 13.4. The van der Waals surface area contributed by atoms with E-state index in [4.69, 9.17) is 24.1 Å². The lowest BCUT2D eigenvalue weighted by molar-refractivity contribution is -0.438. The zero-order chi connectivity index (χ0) is 44.4. The summed E-state index contributed by atoms with van der Waals surface area (Å²) in [6.45, 7) is 6.32. The number of hydrogen-bond donors (Lipinski definition) is 1. The maximum atomic E-state index is 12.2. The number of carboxylic acid groups (broad SMARTS) is 1. The molecule has 17 nitrogen and oxygen atoms in total. The van der Waals surface area contributed by atoms with Crippen molar-refractivity contribution in [3.05, 3.63) is 71.5 Å². The largest absolute Gasteiger partial charge is 0.748 e. The van der Waals surface area contributed by atoms with Crippen LogP contribution in [0.25, 0.3) is 0 Å². The van der Waals surface area contributed by atoms with Crippen molar-refractivity contribution in [1.82, 2.24) is 0 Å². The molecule has 2 heterocycles. The fourth-order valence-electron chi connectivity index (χ4n) is 7.86. The Morgan fingerprint density at radius 1 is 0.767 bits per heavy atom. The van der Waals surface area contributed by atoms with Gasteiger partial charge < -0.3 is 42.6 Å². The van der Waals surface area contributed by atoms with Crippen molar-refractivity contribution < 1.29 is 72.3 Å². The van der Waals surface area contributed by atoms with Crippen LogP contribution in [0.15, 0.2) is 70.1 Å². The van der Waals surface area contributed by atoms with E-state index in [2.05, 4.69) is 0 Å². The summed E-state index contributed by atoms with van der Waals surface area (Å²) in [5, 5.41) is 9.17. The van der Waals surface area contributed by atoms with Gasteiger partial charge in [-0.1, -0.05) is 6.08 Å². The van der Waals surface area contributed by atoms with Crippen molar-refractivity contribution in [2.75, 3.05) is 77.6 Å². The fourth-order valence-corrected chi connectivity index (χ4v) is 9.35. The third-order valence-electron chi connectivity index (χ3n) is 10.9. The van der Waals surface area contributed by atoms with Gasteiger partial charge in [-0.2, -0.15) is 4.58 Å². The van der Waals surface area contributed by atoms with Crippen molar-refractivity contribution in [2.45, 2.75) is 79.4 Å². The first-order valence-corrected chi connectivity index (χ1v) is 23.9. The highest BCUT2D eigenvalue weighted by molar-refractivity contribution is 7.86. The highest BCUT2D eigenvalue weighted by Crippen LogP contribution is 2.51. The molecule has 2 atom stereocenters. The average Bonchev–Trinajstić information content (AvgIpc) is 3.53. The van der Waals surface area contributed by atoms with E-state index in [0.717, 1.165) is 0 Å². The summed E-state index contributed by atoms with van der Waals surface area (Å²) < 4.78 is 132. The monoisotopic (exact) mass is 898 g/mol. The van der Waals surface area contributed by atoms with E-state index in [1.165, 1.54) is 30.3 Å². The minimum Gasteiger partial charge on any atom is -0.748 e. The summed E-state index contributed by atoms with van der Waals surface area (Å²) in [6.07, 6.45) is 7.21. The molecule has 0 aliphatic carbocycles. The molecule has 1 N–H and O–H groups in total. The van der Waals surface area contributed by atoms with Crippen molar-refractivity contribution in [3.63, 3.8) is 0 Å². The zero-order valence-corrected chi connectivity index (χ0v) is 36.7. The van der Waals surface area contributed by atoms with Gasteiger partial charge in [0, 0.05) is 80.5 Å². The van der Waals surface area contributed by atoms with Crippen LogP contribution in [0.3, 0.4) is 0 Å². The van der Waals surface area contributed by atoms with Gasteiger partial charge in [0.15, 0.2) is 5.71 Å². The molecule has 0 spiro atoms. The number of nitrogens with zero attached hydrogens (tertiary/aromatic N) is 2. The number of unbranched alkanes of at least 4 members (excludes halogenated alkanes) is 2. The molecule has 0 bridgehead atoms. The Morgan fingerprint density at radius 2 is 1.38 bits per heavy atom. The Kier molecular flexibility index (Phi) is 17.2. The summed E-state index contributed by atoms with van der Waals surface area (Å²) in [4.78, 5) is 12.3. The lowest BCUT2D eigenvalue weighted by Gasteiger charge is -2.30. The van der Waals surface area contributed by atoms with E-state index in [0.29, 0.717) is 92.5 Å². The Labute approximate surface area is 352 Å². The molecular formula is C40H54N2O15S3-2. The summed E-state index contributed by atoms with van der Waals surface area (Å²) in [6, 6.07) is 8.22. The van der Waals surface area contributed by atoms with Crippen LogP contribution in [0.1, 0.15) is 69.9 Å². The SMILES string of the molecule is COCCOCCOCCC1(C)/C(=C\C=C\C2=[N+](CCCCCC(=O)O)c3ccc(S(=O)(=O)[O-])cc3C2(C)CCCS(=O)(=O)[O-])N(CCOC)c2ccc(S(=O)(=O)[O-])cc21. The van der Waals surface area contributed by atoms with E-state index in [-0.39, 0.29) is 39.1 Å². The van der Waals surface area contributed by atoms with E-state index < -0.39 is 62.7 Å². The predicted molar refractivity (Wildman–Crippen MR) is 218 cm³/mol. The maximum Gasteiger partial charge on any atom is 0.303 e. The number of benzene rings is 2. The van der Waals surface area contributed by atoms with Crippen LogP contribution in [-0.4, -0.2) is 133 Å². The molecule has 2 aromatic carbocycles. The standard InChI is InChI=1S/C40H56N2O15S3/c1-39(17-9-27-58(45,46)47)32-28-30(59(48,49)50)13-15-34(32)41(19-7-5-6-12-38(43)44)36(39)10-8-11-37-40(2,18-21-56-25-26-57-24-23-55-4)33-29-31(60(51,52)53)14-16-35(33)42(37)20-22-54-3/h8,10-11,13-16,28-29H,5-7,9,12,17-27H2,1-4H3,(H3-,43,44,45,46,47,48,49,50,51,52,53)/p-2. The summed E-state index contributed by atoms with van der Waals surface area (Å²) in [5.74, 6) is -1.61. The third kappa shape index (κ3) is 12.5. The molecule has 2 unspecified atom stereocenters. The first-order chi connectivity index (χ1) is 28.2. The van der Waals surface area contributed by atoms with Crippen LogP contribution >= 0.6 is 0 Å². The lowest BCUT2D eigenvalue weighted by atomic mass is 9.75. The minimum absolute atomic E-state index is 0.0249. The zero-order valence-electron chi connectivity index (χ0n) is 34.3. The molecule has 0 saturated carbocycles. The molecule has 0 saturated heterocycles. The number of anilines is 1. The van der Waals surface area contributed by atoms with Crippen LogP contribution < -0.4 is 4.90 Å².